The second kappa shape index (κ2) is 8.76. The molecule has 0 radical (unpaired) electrons. The van der Waals surface area contributed by atoms with Crippen LogP contribution < -0.4 is 0 Å². The lowest BCUT2D eigenvalue weighted by Crippen LogP contribution is -2.48. The SMILES string of the molecule is CN1CCC(c2ccc(-c3cccc(-c4ccc(C(C)(C)C)cc4)c3)cc2)(C(C)(C)C)CC1. The Kier molecular flexibility index (Phi) is 6.31. The van der Waals surface area contributed by atoms with Crippen molar-refractivity contribution in [3.63, 3.8) is 0 Å². The fourth-order valence-electron chi connectivity index (χ4n) is 5.49. The van der Waals surface area contributed by atoms with Crippen LogP contribution in [-0.4, -0.2) is 25.0 Å². The van der Waals surface area contributed by atoms with Crippen molar-refractivity contribution in [1.29, 1.82) is 0 Å². The summed E-state index contributed by atoms with van der Waals surface area (Å²) in [5.41, 5.74) is 8.68. The van der Waals surface area contributed by atoms with Gasteiger partial charge in [-0.3, -0.25) is 0 Å². The Hall–Kier alpha value is -2.38. The Morgan fingerprint density at radius 3 is 1.58 bits per heavy atom. The second-order valence-corrected chi connectivity index (χ2v) is 12.1. The van der Waals surface area contributed by atoms with Crippen LogP contribution in [-0.2, 0) is 10.8 Å². The lowest BCUT2D eigenvalue weighted by atomic mass is 9.58. The highest BCUT2D eigenvalue weighted by Crippen LogP contribution is 2.49. The van der Waals surface area contributed by atoms with Gasteiger partial charge in [-0.2, -0.15) is 0 Å². The summed E-state index contributed by atoms with van der Waals surface area (Å²) in [6.45, 7) is 16.4. The van der Waals surface area contributed by atoms with Crippen molar-refractivity contribution < 1.29 is 0 Å². The maximum atomic E-state index is 2.47. The molecule has 1 aliphatic rings. The molecule has 0 saturated carbocycles. The van der Waals surface area contributed by atoms with E-state index in [1.165, 1.54) is 59.3 Å². The summed E-state index contributed by atoms with van der Waals surface area (Å²) >= 11 is 0. The van der Waals surface area contributed by atoms with Gasteiger partial charge in [0.1, 0.15) is 0 Å². The minimum absolute atomic E-state index is 0.181. The first-order chi connectivity index (χ1) is 15.5. The van der Waals surface area contributed by atoms with E-state index in [1.54, 1.807) is 0 Å². The summed E-state index contributed by atoms with van der Waals surface area (Å²) in [6, 6.07) is 27.5. The van der Waals surface area contributed by atoms with E-state index >= 15 is 0 Å². The first-order valence-corrected chi connectivity index (χ1v) is 12.5. The molecular formula is C32H41N. The molecule has 1 heteroatoms. The molecule has 3 aromatic rings. The number of hydrogen-bond acceptors (Lipinski definition) is 1. The van der Waals surface area contributed by atoms with Crippen LogP contribution in [0.3, 0.4) is 0 Å². The zero-order chi connectivity index (χ0) is 23.9. The minimum atomic E-state index is 0.181. The monoisotopic (exact) mass is 439 g/mol. The third kappa shape index (κ3) is 4.80. The normalized spacial score (nSPS) is 17.2. The van der Waals surface area contributed by atoms with Gasteiger partial charge in [-0.1, -0.05) is 108 Å². The summed E-state index contributed by atoms with van der Waals surface area (Å²) in [7, 11) is 2.25. The van der Waals surface area contributed by atoms with E-state index in [4.69, 9.17) is 0 Å². The van der Waals surface area contributed by atoms with Crippen LogP contribution in [0.5, 0.6) is 0 Å². The highest BCUT2D eigenvalue weighted by molar-refractivity contribution is 5.73. The van der Waals surface area contributed by atoms with Gasteiger partial charge in [0.25, 0.3) is 0 Å². The Bertz CT molecular complexity index is 1070. The Labute approximate surface area is 201 Å². The minimum Gasteiger partial charge on any atom is -0.306 e. The van der Waals surface area contributed by atoms with Crippen molar-refractivity contribution in [3.8, 4) is 22.3 Å². The number of nitrogens with zero attached hydrogens (tertiary/aromatic N) is 1. The molecule has 0 spiro atoms. The molecule has 0 atom stereocenters. The van der Waals surface area contributed by atoms with Gasteiger partial charge in [-0.15, -0.1) is 0 Å². The molecule has 0 aliphatic carbocycles. The average molecular weight is 440 g/mol. The summed E-state index contributed by atoms with van der Waals surface area (Å²) < 4.78 is 0. The molecule has 0 unspecified atom stereocenters. The maximum absolute atomic E-state index is 2.47. The number of benzene rings is 3. The van der Waals surface area contributed by atoms with Crippen molar-refractivity contribution in [2.75, 3.05) is 20.1 Å². The lowest BCUT2D eigenvalue weighted by molar-refractivity contribution is 0.0865. The first kappa shape index (κ1) is 23.8. The standard InChI is InChI=1S/C32H41N/c1-30(2,3)28-15-11-24(12-16-28)26-9-8-10-27(23-26)25-13-17-29(18-14-25)32(31(4,5)6)19-21-33(7)22-20-32/h8-18,23H,19-22H2,1-7H3. The molecule has 1 heterocycles. The van der Waals surface area contributed by atoms with Crippen LogP contribution in [0.2, 0.25) is 0 Å². The van der Waals surface area contributed by atoms with Crippen molar-refractivity contribution in [1.82, 2.24) is 4.90 Å². The molecule has 0 amide bonds. The third-order valence-corrected chi connectivity index (χ3v) is 7.99. The zero-order valence-corrected chi connectivity index (χ0v) is 21.7. The van der Waals surface area contributed by atoms with Crippen LogP contribution in [0.4, 0.5) is 0 Å². The van der Waals surface area contributed by atoms with E-state index in [1.807, 2.05) is 0 Å². The molecule has 3 aromatic carbocycles. The van der Waals surface area contributed by atoms with Gasteiger partial charge in [0, 0.05) is 5.41 Å². The highest BCUT2D eigenvalue weighted by atomic mass is 15.1. The molecule has 174 valence electrons. The van der Waals surface area contributed by atoms with Gasteiger partial charge >= 0.3 is 0 Å². The fraction of sp³-hybridized carbons (Fsp3) is 0.438. The van der Waals surface area contributed by atoms with Crippen LogP contribution in [0.25, 0.3) is 22.3 Å². The largest absolute Gasteiger partial charge is 0.306 e. The van der Waals surface area contributed by atoms with Gasteiger partial charge < -0.3 is 4.90 Å². The van der Waals surface area contributed by atoms with E-state index in [0.29, 0.717) is 0 Å². The lowest BCUT2D eigenvalue weighted by Gasteiger charge is -2.50. The summed E-state index contributed by atoms with van der Waals surface area (Å²) in [5.74, 6) is 0. The summed E-state index contributed by atoms with van der Waals surface area (Å²) in [4.78, 5) is 2.47. The van der Waals surface area contributed by atoms with E-state index in [9.17, 15) is 0 Å². The first-order valence-electron chi connectivity index (χ1n) is 12.5. The van der Waals surface area contributed by atoms with Crippen LogP contribution in [0, 0.1) is 5.41 Å². The van der Waals surface area contributed by atoms with E-state index < -0.39 is 0 Å². The number of hydrogen-bond donors (Lipinski definition) is 0. The molecule has 1 aliphatic heterocycles. The predicted octanol–water partition coefficient (Wildman–Crippen LogP) is 8.33. The smallest absolute Gasteiger partial charge is 0.00258 e. The van der Waals surface area contributed by atoms with Crippen molar-refractivity contribution >= 4 is 0 Å². The number of rotatable bonds is 3. The Morgan fingerprint density at radius 2 is 1.12 bits per heavy atom. The molecule has 0 N–H and O–H groups in total. The maximum Gasteiger partial charge on any atom is 0.00258 e. The van der Waals surface area contributed by atoms with Gasteiger partial charge in [0.05, 0.1) is 0 Å². The van der Waals surface area contributed by atoms with Crippen molar-refractivity contribution in [2.45, 2.75) is 65.2 Å². The molecule has 4 rings (SSSR count). The molecule has 1 nitrogen and oxygen atoms in total. The van der Waals surface area contributed by atoms with Crippen LogP contribution in [0.1, 0.15) is 65.5 Å². The topological polar surface area (TPSA) is 3.24 Å². The molecule has 0 aromatic heterocycles. The number of piperidine rings is 1. The molecule has 33 heavy (non-hydrogen) atoms. The zero-order valence-electron chi connectivity index (χ0n) is 21.7. The van der Waals surface area contributed by atoms with Gasteiger partial charge in [0.2, 0.25) is 0 Å². The van der Waals surface area contributed by atoms with Gasteiger partial charge in [0.15, 0.2) is 0 Å². The molecular weight excluding hydrogens is 398 g/mol. The quantitative estimate of drug-likeness (QED) is 0.396. The highest BCUT2D eigenvalue weighted by Gasteiger charge is 2.44. The molecule has 1 saturated heterocycles. The second-order valence-electron chi connectivity index (χ2n) is 12.1. The average Bonchev–Trinajstić information content (AvgIpc) is 2.79. The van der Waals surface area contributed by atoms with E-state index in [2.05, 4.69) is 126 Å². The summed E-state index contributed by atoms with van der Waals surface area (Å²) in [6.07, 6.45) is 2.46. The van der Waals surface area contributed by atoms with E-state index in [0.717, 1.165) is 0 Å². The number of likely N-dealkylation sites (tertiary alicyclic amines) is 1. The van der Waals surface area contributed by atoms with Gasteiger partial charge in [-0.05, 0) is 83.3 Å². The third-order valence-electron chi connectivity index (χ3n) is 7.99. The van der Waals surface area contributed by atoms with Crippen molar-refractivity contribution in [2.24, 2.45) is 5.41 Å². The predicted molar refractivity (Wildman–Crippen MR) is 144 cm³/mol. The molecule has 1 fully saturated rings. The Morgan fingerprint density at radius 1 is 0.636 bits per heavy atom. The van der Waals surface area contributed by atoms with Gasteiger partial charge in [-0.25, -0.2) is 0 Å². The van der Waals surface area contributed by atoms with Crippen LogP contribution in [0.15, 0.2) is 72.8 Å². The Balaban J connectivity index is 1.62. The van der Waals surface area contributed by atoms with E-state index in [-0.39, 0.29) is 16.2 Å². The van der Waals surface area contributed by atoms with Crippen molar-refractivity contribution in [3.05, 3.63) is 83.9 Å². The van der Waals surface area contributed by atoms with Crippen LogP contribution >= 0.6 is 0 Å². The summed E-state index contributed by atoms with van der Waals surface area (Å²) in [5, 5.41) is 0. The molecule has 0 bridgehead atoms. The fourth-order valence-corrected chi connectivity index (χ4v) is 5.49.